The van der Waals surface area contributed by atoms with Crippen LogP contribution in [0.3, 0.4) is 0 Å². The SMILES string of the molecule is CC(C)(CCO)NC(=O)c1nccc2ccccc12. The smallest absolute Gasteiger partial charge is 0.270 e. The van der Waals surface area contributed by atoms with Crippen molar-refractivity contribution in [3.05, 3.63) is 42.2 Å². The molecule has 0 unspecified atom stereocenters. The van der Waals surface area contributed by atoms with Crippen molar-refractivity contribution >= 4 is 16.7 Å². The van der Waals surface area contributed by atoms with Crippen LogP contribution in [-0.2, 0) is 0 Å². The lowest BCUT2D eigenvalue weighted by atomic mass is 10.0. The molecule has 1 aromatic heterocycles. The number of hydrogen-bond acceptors (Lipinski definition) is 3. The summed E-state index contributed by atoms with van der Waals surface area (Å²) in [6, 6.07) is 9.54. The van der Waals surface area contributed by atoms with Gasteiger partial charge in [0.1, 0.15) is 5.69 Å². The van der Waals surface area contributed by atoms with Gasteiger partial charge in [0, 0.05) is 23.7 Å². The van der Waals surface area contributed by atoms with Gasteiger partial charge in [0.25, 0.3) is 5.91 Å². The van der Waals surface area contributed by atoms with Crippen molar-refractivity contribution < 1.29 is 9.90 Å². The normalized spacial score (nSPS) is 11.5. The summed E-state index contributed by atoms with van der Waals surface area (Å²) in [4.78, 5) is 16.5. The second-order valence-corrected chi connectivity index (χ2v) is 5.19. The standard InChI is InChI=1S/C15H18N2O2/c1-15(2,8-10-18)17-14(19)13-12-6-4-3-5-11(12)7-9-16-13/h3-7,9,18H,8,10H2,1-2H3,(H,17,19). The highest BCUT2D eigenvalue weighted by molar-refractivity contribution is 6.05. The fraction of sp³-hybridized carbons (Fsp3) is 0.333. The van der Waals surface area contributed by atoms with E-state index >= 15 is 0 Å². The van der Waals surface area contributed by atoms with Crippen molar-refractivity contribution in [3.63, 3.8) is 0 Å². The average Bonchev–Trinajstić information content (AvgIpc) is 2.37. The molecular weight excluding hydrogens is 240 g/mol. The summed E-state index contributed by atoms with van der Waals surface area (Å²) in [6.45, 7) is 3.80. The van der Waals surface area contributed by atoms with Gasteiger partial charge >= 0.3 is 0 Å². The molecule has 0 spiro atoms. The summed E-state index contributed by atoms with van der Waals surface area (Å²) in [7, 11) is 0. The maximum Gasteiger partial charge on any atom is 0.270 e. The number of benzene rings is 1. The molecule has 0 atom stereocenters. The Labute approximate surface area is 112 Å². The Hall–Kier alpha value is -1.94. The Balaban J connectivity index is 2.32. The van der Waals surface area contributed by atoms with Crippen molar-refractivity contribution in [2.24, 2.45) is 0 Å². The van der Waals surface area contributed by atoms with Gasteiger partial charge in [-0.15, -0.1) is 0 Å². The lowest BCUT2D eigenvalue weighted by Crippen LogP contribution is -2.44. The van der Waals surface area contributed by atoms with E-state index in [2.05, 4.69) is 10.3 Å². The molecule has 2 rings (SSSR count). The summed E-state index contributed by atoms with van der Waals surface area (Å²) < 4.78 is 0. The molecule has 0 aliphatic heterocycles. The summed E-state index contributed by atoms with van der Waals surface area (Å²) in [5, 5.41) is 13.7. The molecule has 0 bridgehead atoms. The van der Waals surface area contributed by atoms with Gasteiger partial charge in [0.2, 0.25) is 0 Å². The minimum Gasteiger partial charge on any atom is -0.396 e. The van der Waals surface area contributed by atoms with E-state index in [1.165, 1.54) is 0 Å². The molecule has 0 saturated carbocycles. The monoisotopic (exact) mass is 258 g/mol. The predicted octanol–water partition coefficient (Wildman–Crippen LogP) is 2.13. The Morgan fingerprint density at radius 2 is 2.05 bits per heavy atom. The highest BCUT2D eigenvalue weighted by atomic mass is 16.3. The molecule has 2 N–H and O–H groups in total. The number of aliphatic hydroxyl groups is 1. The quantitative estimate of drug-likeness (QED) is 0.883. The third-order valence-corrected chi connectivity index (χ3v) is 3.08. The fourth-order valence-corrected chi connectivity index (χ4v) is 2.01. The molecule has 19 heavy (non-hydrogen) atoms. The number of nitrogens with one attached hydrogen (secondary N) is 1. The second-order valence-electron chi connectivity index (χ2n) is 5.19. The number of fused-ring (bicyclic) bond motifs is 1. The Morgan fingerprint density at radius 3 is 2.79 bits per heavy atom. The number of hydrogen-bond donors (Lipinski definition) is 2. The van der Waals surface area contributed by atoms with Gasteiger partial charge in [-0.3, -0.25) is 9.78 Å². The molecule has 4 nitrogen and oxygen atoms in total. The van der Waals surface area contributed by atoms with Crippen LogP contribution >= 0.6 is 0 Å². The van der Waals surface area contributed by atoms with E-state index in [-0.39, 0.29) is 12.5 Å². The molecule has 100 valence electrons. The van der Waals surface area contributed by atoms with Gasteiger partial charge in [0.15, 0.2) is 0 Å². The fourth-order valence-electron chi connectivity index (χ4n) is 2.01. The molecule has 4 heteroatoms. The van der Waals surface area contributed by atoms with Crippen LogP contribution in [0.4, 0.5) is 0 Å². The predicted molar refractivity (Wildman–Crippen MR) is 75.0 cm³/mol. The molecule has 1 aromatic carbocycles. The topological polar surface area (TPSA) is 62.2 Å². The van der Waals surface area contributed by atoms with E-state index in [1.54, 1.807) is 6.20 Å². The molecule has 1 heterocycles. The Morgan fingerprint density at radius 1 is 1.32 bits per heavy atom. The zero-order valence-corrected chi connectivity index (χ0v) is 11.2. The van der Waals surface area contributed by atoms with Gasteiger partial charge in [-0.1, -0.05) is 24.3 Å². The number of rotatable bonds is 4. The van der Waals surface area contributed by atoms with Gasteiger partial charge in [-0.05, 0) is 31.7 Å². The number of nitrogens with zero attached hydrogens (tertiary/aromatic N) is 1. The molecule has 0 radical (unpaired) electrons. The van der Waals surface area contributed by atoms with E-state index in [0.29, 0.717) is 12.1 Å². The zero-order valence-electron chi connectivity index (χ0n) is 11.2. The maximum absolute atomic E-state index is 12.3. The number of aliphatic hydroxyl groups excluding tert-OH is 1. The lowest BCUT2D eigenvalue weighted by molar-refractivity contribution is 0.0896. The maximum atomic E-state index is 12.3. The van der Waals surface area contributed by atoms with Crippen LogP contribution < -0.4 is 5.32 Å². The van der Waals surface area contributed by atoms with Crippen molar-refractivity contribution in [1.29, 1.82) is 0 Å². The number of pyridine rings is 1. The van der Waals surface area contributed by atoms with Crippen molar-refractivity contribution in [1.82, 2.24) is 10.3 Å². The number of carbonyl (C=O) groups excluding carboxylic acids is 1. The summed E-state index contributed by atoms with van der Waals surface area (Å²) in [6.07, 6.45) is 2.14. The van der Waals surface area contributed by atoms with Crippen LogP contribution in [0.15, 0.2) is 36.5 Å². The van der Waals surface area contributed by atoms with Crippen LogP contribution in [0, 0.1) is 0 Å². The van der Waals surface area contributed by atoms with Gasteiger partial charge in [0.05, 0.1) is 0 Å². The van der Waals surface area contributed by atoms with Gasteiger partial charge < -0.3 is 10.4 Å². The minimum atomic E-state index is -0.454. The van der Waals surface area contributed by atoms with E-state index in [1.807, 2.05) is 44.2 Å². The summed E-state index contributed by atoms with van der Waals surface area (Å²) >= 11 is 0. The summed E-state index contributed by atoms with van der Waals surface area (Å²) in [5.74, 6) is -0.213. The van der Waals surface area contributed by atoms with Crippen LogP contribution in [0.25, 0.3) is 10.8 Å². The van der Waals surface area contributed by atoms with E-state index in [0.717, 1.165) is 10.8 Å². The largest absolute Gasteiger partial charge is 0.396 e. The lowest BCUT2D eigenvalue weighted by Gasteiger charge is -2.25. The van der Waals surface area contributed by atoms with Crippen molar-refractivity contribution in [3.8, 4) is 0 Å². The van der Waals surface area contributed by atoms with Crippen LogP contribution in [-0.4, -0.2) is 28.1 Å². The molecule has 0 fully saturated rings. The van der Waals surface area contributed by atoms with Crippen molar-refractivity contribution in [2.75, 3.05) is 6.61 Å². The number of amides is 1. The van der Waals surface area contributed by atoms with Crippen LogP contribution in [0.1, 0.15) is 30.8 Å². The second kappa shape index (κ2) is 5.36. The highest BCUT2D eigenvalue weighted by Crippen LogP contribution is 2.17. The summed E-state index contributed by atoms with van der Waals surface area (Å²) in [5.41, 5.74) is -0.0334. The zero-order chi connectivity index (χ0) is 13.9. The van der Waals surface area contributed by atoms with Crippen LogP contribution in [0.5, 0.6) is 0 Å². The molecule has 1 amide bonds. The van der Waals surface area contributed by atoms with Crippen LogP contribution in [0.2, 0.25) is 0 Å². The highest BCUT2D eigenvalue weighted by Gasteiger charge is 2.22. The minimum absolute atomic E-state index is 0.0379. The first kappa shape index (κ1) is 13.5. The average molecular weight is 258 g/mol. The number of aromatic nitrogens is 1. The molecule has 0 saturated heterocycles. The first-order valence-electron chi connectivity index (χ1n) is 6.31. The van der Waals surface area contributed by atoms with Gasteiger partial charge in [-0.2, -0.15) is 0 Å². The molecule has 0 aliphatic carbocycles. The Bertz CT molecular complexity index is 588. The van der Waals surface area contributed by atoms with Gasteiger partial charge in [-0.25, -0.2) is 0 Å². The first-order chi connectivity index (χ1) is 9.03. The third-order valence-electron chi connectivity index (χ3n) is 3.08. The van der Waals surface area contributed by atoms with E-state index in [4.69, 9.17) is 5.11 Å². The molecular formula is C15H18N2O2. The van der Waals surface area contributed by atoms with E-state index in [9.17, 15) is 4.79 Å². The number of carbonyl (C=O) groups is 1. The Kier molecular flexibility index (Phi) is 3.81. The van der Waals surface area contributed by atoms with E-state index < -0.39 is 5.54 Å². The molecule has 0 aliphatic rings. The molecule has 2 aromatic rings. The van der Waals surface area contributed by atoms with Crippen molar-refractivity contribution in [2.45, 2.75) is 25.8 Å². The first-order valence-corrected chi connectivity index (χ1v) is 6.31. The third kappa shape index (κ3) is 3.09.